The van der Waals surface area contributed by atoms with Crippen LogP contribution < -0.4 is 5.32 Å². The van der Waals surface area contributed by atoms with E-state index >= 15 is 0 Å². The average Bonchev–Trinajstić information content (AvgIpc) is 2.41. The Labute approximate surface area is 113 Å². The summed E-state index contributed by atoms with van der Waals surface area (Å²) in [6.07, 6.45) is 7.27. The minimum atomic E-state index is 0.293. The standard InChI is InChI=1S/C13H20ClN3O/c1-2-5-11-12(14)16-9-17-13(11)15-8-10-6-3-4-7-18-10/h9-10H,2-8H2,1H3,(H,15,16,17). The molecule has 0 saturated carbocycles. The van der Waals surface area contributed by atoms with Crippen LogP contribution in [0.3, 0.4) is 0 Å². The molecule has 1 atom stereocenters. The van der Waals surface area contributed by atoms with Crippen LogP contribution >= 0.6 is 11.6 Å². The van der Waals surface area contributed by atoms with Gasteiger partial charge in [0.25, 0.3) is 0 Å². The van der Waals surface area contributed by atoms with Gasteiger partial charge in [-0.15, -0.1) is 0 Å². The monoisotopic (exact) mass is 269 g/mol. The molecule has 1 N–H and O–H groups in total. The number of anilines is 1. The second-order valence-electron chi connectivity index (χ2n) is 4.61. The fraction of sp³-hybridized carbons (Fsp3) is 0.692. The van der Waals surface area contributed by atoms with Crippen LogP contribution in [0.2, 0.25) is 5.15 Å². The van der Waals surface area contributed by atoms with Crippen molar-refractivity contribution in [2.45, 2.75) is 45.1 Å². The Bertz CT molecular complexity index is 380. The summed E-state index contributed by atoms with van der Waals surface area (Å²) < 4.78 is 5.69. The molecule has 1 aliphatic heterocycles. The lowest BCUT2D eigenvalue weighted by Crippen LogP contribution is -2.27. The number of aromatic nitrogens is 2. The molecule has 18 heavy (non-hydrogen) atoms. The van der Waals surface area contributed by atoms with Crippen LogP contribution in [-0.2, 0) is 11.2 Å². The van der Waals surface area contributed by atoms with Gasteiger partial charge < -0.3 is 10.1 Å². The SMILES string of the molecule is CCCc1c(Cl)ncnc1NCC1CCCCO1. The Hall–Kier alpha value is -0.870. The molecule has 0 amide bonds. The number of ether oxygens (including phenoxy) is 1. The normalized spacial score (nSPS) is 19.8. The number of nitrogens with one attached hydrogen (secondary N) is 1. The second kappa shape index (κ2) is 6.90. The topological polar surface area (TPSA) is 47.0 Å². The van der Waals surface area contributed by atoms with Gasteiger partial charge in [-0.3, -0.25) is 0 Å². The minimum absolute atomic E-state index is 0.293. The predicted octanol–water partition coefficient (Wildman–Crippen LogP) is 3.06. The Morgan fingerprint density at radius 1 is 1.44 bits per heavy atom. The quantitative estimate of drug-likeness (QED) is 0.835. The molecule has 1 fully saturated rings. The van der Waals surface area contributed by atoms with Crippen LogP contribution in [0.15, 0.2) is 6.33 Å². The minimum Gasteiger partial charge on any atom is -0.376 e. The van der Waals surface area contributed by atoms with Crippen LogP contribution in [0.25, 0.3) is 0 Å². The Morgan fingerprint density at radius 2 is 2.33 bits per heavy atom. The zero-order valence-corrected chi connectivity index (χ0v) is 11.5. The number of hydrogen-bond acceptors (Lipinski definition) is 4. The van der Waals surface area contributed by atoms with Gasteiger partial charge in [0, 0.05) is 18.7 Å². The van der Waals surface area contributed by atoms with Crippen LogP contribution in [0, 0.1) is 0 Å². The molecule has 0 radical (unpaired) electrons. The molecule has 0 bridgehead atoms. The third-order valence-electron chi connectivity index (χ3n) is 3.16. The van der Waals surface area contributed by atoms with E-state index in [2.05, 4.69) is 22.2 Å². The molecule has 1 unspecified atom stereocenters. The van der Waals surface area contributed by atoms with Gasteiger partial charge in [-0.2, -0.15) is 0 Å². The Kier molecular flexibility index (Phi) is 5.20. The van der Waals surface area contributed by atoms with E-state index in [9.17, 15) is 0 Å². The van der Waals surface area contributed by atoms with Crippen molar-refractivity contribution in [2.75, 3.05) is 18.5 Å². The van der Waals surface area contributed by atoms with Gasteiger partial charge in [-0.05, 0) is 25.7 Å². The third kappa shape index (κ3) is 3.56. The predicted molar refractivity (Wildman–Crippen MR) is 73.1 cm³/mol. The summed E-state index contributed by atoms with van der Waals surface area (Å²) in [5.74, 6) is 0.853. The molecule has 100 valence electrons. The van der Waals surface area contributed by atoms with Crippen LogP contribution in [0.4, 0.5) is 5.82 Å². The summed E-state index contributed by atoms with van der Waals surface area (Å²) in [5, 5.41) is 3.90. The molecular weight excluding hydrogens is 250 g/mol. The van der Waals surface area contributed by atoms with Crippen LogP contribution in [-0.4, -0.2) is 29.2 Å². The molecule has 2 heterocycles. The van der Waals surface area contributed by atoms with Gasteiger partial charge >= 0.3 is 0 Å². The number of halogens is 1. The maximum Gasteiger partial charge on any atom is 0.137 e. The van der Waals surface area contributed by atoms with Gasteiger partial charge in [0.05, 0.1) is 6.10 Å². The highest BCUT2D eigenvalue weighted by atomic mass is 35.5. The molecule has 1 aromatic rings. The van der Waals surface area contributed by atoms with Crippen molar-refractivity contribution < 1.29 is 4.74 Å². The van der Waals surface area contributed by atoms with E-state index in [0.717, 1.165) is 43.8 Å². The van der Waals surface area contributed by atoms with Crippen molar-refractivity contribution >= 4 is 17.4 Å². The first kappa shape index (κ1) is 13.6. The van der Waals surface area contributed by atoms with Gasteiger partial charge in [0.2, 0.25) is 0 Å². The fourth-order valence-electron chi connectivity index (χ4n) is 2.19. The van der Waals surface area contributed by atoms with E-state index in [1.165, 1.54) is 19.2 Å². The van der Waals surface area contributed by atoms with Gasteiger partial charge in [-0.25, -0.2) is 9.97 Å². The molecule has 5 heteroatoms. The lowest BCUT2D eigenvalue weighted by Gasteiger charge is -2.23. The van der Waals surface area contributed by atoms with Crippen molar-refractivity contribution in [3.63, 3.8) is 0 Å². The Balaban J connectivity index is 1.97. The molecule has 1 aliphatic rings. The van der Waals surface area contributed by atoms with E-state index in [4.69, 9.17) is 16.3 Å². The highest BCUT2D eigenvalue weighted by Crippen LogP contribution is 2.22. The van der Waals surface area contributed by atoms with Crippen LogP contribution in [0.5, 0.6) is 0 Å². The van der Waals surface area contributed by atoms with E-state index in [0.29, 0.717) is 11.3 Å². The van der Waals surface area contributed by atoms with Crippen molar-refractivity contribution in [3.05, 3.63) is 17.0 Å². The summed E-state index contributed by atoms with van der Waals surface area (Å²) in [4.78, 5) is 8.32. The number of hydrogen-bond donors (Lipinski definition) is 1. The molecular formula is C13H20ClN3O. The molecule has 1 saturated heterocycles. The van der Waals surface area contributed by atoms with Crippen molar-refractivity contribution in [3.8, 4) is 0 Å². The van der Waals surface area contributed by atoms with E-state index in [1.54, 1.807) is 0 Å². The summed E-state index contributed by atoms with van der Waals surface area (Å²) in [5.41, 5.74) is 1.01. The maximum absolute atomic E-state index is 6.11. The number of nitrogens with zero attached hydrogens (tertiary/aromatic N) is 2. The molecule has 1 aromatic heterocycles. The van der Waals surface area contributed by atoms with Crippen molar-refractivity contribution in [2.24, 2.45) is 0 Å². The molecule has 0 aromatic carbocycles. The maximum atomic E-state index is 6.11. The highest BCUT2D eigenvalue weighted by molar-refractivity contribution is 6.30. The first-order valence-corrected chi connectivity index (χ1v) is 7.04. The van der Waals surface area contributed by atoms with Crippen molar-refractivity contribution in [1.29, 1.82) is 0 Å². The zero-order chi connectivity index (χ0) is 12.8. The third-order valence-corrected chi connectivity index (χ3v) is 3.49. The summed E-state index contributed by atoms with van der Waals surface area (Å²) >= 11 is 6.11. The van der Waals surface area contributed by atoms with Gasteiger partial charge in [0.1, 0.15) is 17.3 Å². The fourth-order valence-corrected chi connectivity index (χ4v) is 2.42. The molecule has 0 aliphatic carbocycles. The summed E-state index contributed by atoms with van der Waals surface area (Å²) in [6.45, 7) is 3.79. The van der Waals surface area contributed by atoms with E-state index in [-0.39, 0.29) is 0 Å². The van der Waals surface area contributed by atoms with E-state index in [1.807, 2.05) is 0 Å². The molecule has 4 nitrogen and oxygen atoms in total. The Morgan fingerprint density at radius 3 is 3.06 bits per heavy atom. The van der Waals surface area contributed by atoms with Gasteiger partial charge in [0.15, 0.2) is 0 Å². The summed E-state index contributed by atoms with van der Waals surface area (Å²) in [7, 11) is 0. The summed E-state index contributed by atoms with van der Waals surface area (Å²) in [6, 6.07) is 0. The smallest absolute Gasteiger partial charge is 0.137 e. The number of rotatable bonds is 5. The lowest BCUT2D eigenvalue weighted by atomic mass is 10.1. The first-order valence-electron chi connectivity index (χ1n) is 6.66. The van der Waals surface area contributed by atoms with Crippen molar-refractivity contribution in [1.82, 2.24) is 9.97 Å². The van der Waals surface area contributed by atoms with Crippen LogP contribution in [0.1, 0.15) is 38.2 Å². The lowest BCUT2D eigenvalue weighted by molar-refractivity contribution is 0.0247. The molecule has 2 rings (SSSR count). The molecule has 0 spiro atoms. The van der Waals surface area contributed by atoms with Gasteiger partial charge in [-0.1, -0.05) is 24.9 Å². The highest BCUT2D eigenvalue weighted by Gasteiger charge is 2.15. The first-order chi connectivity index (χ1) is 8.81. The zero-order valence-electron chi connectivity index (χ0n) is 10.8. The van der Waals surface area contributed by atoms with E-state index < -0.39 is 0 Å². The second-order valence-corrected chi connectivity index (χ2v) is 4.97. The average molecular weight is 270 g/mol. The largest absolute Gasteiger partial charge is 0.376 e.